The number of rotatable bonds is 2. The van der Waals surface area contributed by atoms with E-state index >= 15 is 0 Å². The van der Waals surface area contributed by atoms with Crippen LogP contribution in [0.5, 0.6) is 0 Å². The molecule has 1 unspecified atom stereocenters. The van der Waals surface area contributed by atoms with Crippen molar-refractivity contribution < 1.29 is 4.74 Å². The quantitative estimate of drug-likeness (QED) is 0.851. The van der Waals surface area contributed by atoms with Crippen molar-refractivity contribution in [3.63, 3.8) is 0 Å². The molecule has 1 aliphatic heterocycles. The maximum Gasteiger partial charge on any atom is 0.138 e. The summed E-state index contributed by atoms with van der Waals surface area (Å²) < 4.78 is 8.11. The first-order valence-electron chi connectivity index (χ1n) is 6.52. The number of likely N-dealkylation sites (N-methyl/N-ethyl adjacent to an activating group) is 1. The molecule has 2 aromatic rings. The lowest BCUT2D eigenvalue weighted by atomic mass is 10.2. The van der Waals surface area contributed by atoms with E-state index in [-0.39, 0.29) is 6.10 Å². The van der Waals surface area contributed by atoms with Gasteiger partial charge in [-0.05, 0) is 13.1 Å². The number of ether oxygens (including phenoxy) is 1. The Bertz CT molecular complexity index is 665. The van der Waals surface area contributed by atoms with E-state index in [9.17, 15) is 0 Å². The molecule has 0 saturated carbocycles. The predicted molar refractivity (Wildman–Crippen MR) is 77.8 cm³/mol. The minimum absolute atomic E-state index is 0.0629. The van der Waals surface area contributed by atoms with E-state index in [1.54, 1.807) is 10.9 Å². The molecule has 0 radical (unpaired) electrons. The van der Waals surface area contributed by atoms with Crippen molar-refractivity contribution in [2.75, 3.05) is 26.7 Å². The molecule has 0 aromatic carbocycles. The zero-order valence-electron chi connectivity index (χ0n) is 11.5. The molecule has 1 aliphatic rings. The van der Waals surface area contributed by atoms with Crippen molar-refractivity contribution in [3.8, 4) is 11.3 Å². The van der Waals surface area contributed by atoms with Gasteiger partial charge in [0.05, 0.1) is 18.5 Å². The van der Waals surface area contributed by atoms with Gasteiger partial charge < -0.3 is 14.6 Å². The Labute approximate surface area is 122 Å². The topological polar surface area (TPSA) is 59.0 Å². The summed E-state index contributed by atoms with van der Waals surface area (Å²) in [6, 6.07) is 1.85. The lowest BCUT2D eigenvalue weighted by molar-refractivity contribution is -0.0254. The van der Waals surface area contributed by atoms with Gasteiger partial charge in [-0.15, -0.1) is 0 Å². The fraction of sp³-hybridized carbons (Fsp3) is 0.462. The van der Waals surface area contributed by atoms with Crippen molar-refractivity contribution in [2.24, 2.45) is 7.05 Å². The van der Waals surface area contributed by atoms with E-state index < -0.39 is 0 Å². The number of aryl methyl sites for hydroxylation is 1. The van der Waals surface area contributed by atoms with Crippen LogP contribution in [-0.4, -0.2) is 51.4 Å². The summed E-state index contributed by atoms with van der Waals surface area (Å²) in [6.07, 6.45) is 3.68. The Balaban J connectivity index is 1.96. The van der Waals surface area contributed by atoms with Crippen LogP contribution in [0.15, 0.2) is 18.5 Å². The number of aromatic nitrogens is 4. The standard InChI is InChI=1S/C13H17N5OS/c1-17-3-4-19-11(8-17)13-15-10(5-12(20)16-13)9-6-14-18(2)7-9/h5-7,11H,3-4,8H2,1-2H3,(H,15,16,20). The predicted octanol–water partition coefficient (Wildman–Crippen LogP) is 1.54. The number of hydrogen-bond acceptors (Lipinski definition) is 5. The highest BCUT2D eigenvalue weighted by Crippen LogP contribution is 2.22. The molecule has 20 heavy (non-hydrogen) atoms. The number of nitrogens with one attached hydrogen (secondary N) is 1. The summed E-state index contributed by atoms with van der Waals surface area (Å²) in [4.78, 5) is 9.95. The third-order valence-electron chi connectivity index (χ3n) is 3.35. The molecule has 106 valence electrons. The molecule has 7 heteroatoms. The maximum absolute atomic E-state index is 5.78. The van der Waals surface area contributed by atoms with Crippen LogP contribution in [0, 0.1) is 4.64 Å². The Kier molecular flexibility index (Phi) is 3.64. The second-order valence-electron chi connectivity index (χ2n) is 5.04. The Hall–Kier alpha value is -1.57. The summed E-state index contributed by atoms with van der Waals surface area (Å²) in [5.41, 5.74) is 1.91. The molecule has 1 fully saturated rings. The van der Waals surface area contributed by atoms with Crippen LogP contribution < -0.4 is 0 Å². The fourth-order valence-corrected chi connectivity index (χ4v) is 2.50. The number of morpholine rings is 1. The molecule has 6 nitrogen and oxygen atoms in total. The largest absolute Gasteiger partial charge is 0.368 e. The second-order valence-corrected chi connectivity index (χ2v) is 5.46. The van der Waals surface area contributed by atoms with E-state index in [2.05, 4.69) is 27.0 Å². The average Bonchev–Trinajstić information content (AvgIpc) is 2.85. The van der Waals surface area contributed by atoms with Gasteiger partial charge in [-0.1, -0.05) is 12.2 Å². The van der Waals surface area contributed by atoms with E-state index in [4.69, 9.17) is 17.0 Å². The molecule has 0 amide bonds. The van der Waals surface area contributed by atoms with Gasteiger partial charge in [0.1, 0.15) is 16.6 Å². The minimum atomic E-state index is -0.0629. The number of hydrogen-bond donors (Lipinski definition) is 1. The van der Waals surface area contributed by atoms with Crippen LogP contribution in [0.2, 0.25) is 0 Å². The summed E-state index contributed by atoms with van der Waals surface area (Å²) in [6.45, 7) is 2.47. The average molecular weight is 291 g/mol. The minimum Gasteiger partial charge on any atom is -0.368 e. The highest BCUT2D eigenvalue weighted by atomic mass is 32.1. The third kappa shape index (κ3) is 2.79. The van der Waals surface area contributed by atoms with E-state index in [1.165, 1.54) is 0 Å². The van der Waals surface area contributed by atoms with E-state index in [1.807, 2.05) is 19.3 Å². The van der Waals surface area contributed by atoms with Gasteiger partial charge in [0.2, 0.25) is 0 Å². The Morgan fingerprint density at radius 3 is 3.00 bits per heavy atom. The zero-order chi connectivity index (χ0) is 14.1. The normalized spacial score (nSPS) is 20.2. The van der Waals surface area contributed by atoms with Crippen LogP contribution in [0.3, 0.4) is 0 Å². The van der Waals surface area contributed by atoms with E-state index in [0.29, 0.717) is 11.2 Å². The first kappa shape index (κ1) is 13.4. The summed E-state index contributed by atoms with van der Waals surface area (Å²) in [5.74, 6) is 0.780. The van der Waals surface area contributed by atoms with Gasteiger partial charge in [-0.2, -0.15) is 5.10 Å². The van der Waals surface area contributed by atoms with Crippen molar-refractivity contribution in [1.82, 2.24) is 24.6 Å². The van der Waals surface area contributed by atoms with Gasteiger partial charge in [0.25, 0.3) is 0 Å². The summed E-state index contributed by atoms with van der Waals surface area (Å²) in [5, 5.41) is 4.18. The molecule has 1 N–H and O–H groups in total. The fourth-order valence-electron chi connectivity index (χ4n) is 2.29. The molecule has 2 aromatic heterocycles. The maximum atomic E-state index is 5.78. The smallest absolute Gasteiger partial charge is 0.138 e. The molecule has 0 aliphatic carbocycles. The lowest BCUT2D eigenvalue weighted by Gasteiger charge is -2.29. The van der Waals surface area contributed by atoms with Gasteiger partial charge in [0, 0.05) is 31.9 Å². The zero-order valence-corrected chi connectivity index (χ0v) is 12.4. The molecular weight excluding hydrogens is 274 g/mol. The van der Waals surface area contributed by atoms with Crippen LogP contribution in [0.1, 0.15) is 11.9 Å². The van der Waals surface area contributed by atoms with Crippen LogP contribution in [0.25, 0.3) is 11.3 Å². The number of nitrogens with zero attached hydrogens (tertiary/aromatic N) is 4. The second kappa shape index (κ2) is 5.43. The molecule has 1 saturated heterocycles. The third-order valence-corrected chi connectivity index (χ3v) is 3.56. The molecule has 3 heterocycles. The van der Waals surface area contributed by atoms with Crippen molar-refractivity contribution >= 4 is 12.2 Å². The lowest BCUT2D eigenvalue weighted by Crippen LogP contribution is -2.36. The Morgan fingerprint density at radius 2 is 2.30 bits per heavy atom. The summed E-state index contributed by atoms with van der Waals surface area (Å²) >= 11 is 5.27. The molecule has 1 atom stereocenters. The van der Waals surface area contributed by atoms with Crippen LogP contribution in [0.4, 0.5) is 0 Å². The number of H-pyrrole nitrogens is 1. The highest BCUT2D eigenvalue weighted by molar-refractivity contribution is 7.71. The first-order valence-corrected chi connectivity index (χ1v) is 6.93. The molecule has 0 spiro atoms. The van der Waals surface area contributed by atoms with Gasteiger partial charge >= 0.3 is 0 Å². The van der Waals surface area contributed by atoms with Gasteiger partial charge in [0.15, 0.2) is 0 Å². The van der Waals surface area contributed by atoms with Crippen LogP contribution >= 0.6 is 12.2 Å². The van der Waals surface area contributed by atoms with Gasteiger partial charge in [-0.3, -0.25) is 4.68 Å². The number of aromatic amines is 1. The van der Waals surface area contributed by atoms with Crippen molar-refractivity contribution in [2.45, 2.75) is 6.10 Å². The molecule has 3 rings (SSSR count). The van der Waals surface area contributed by atoms with Crippen LogP contribution in [-0.2, 0) is 11.8 Å². The van der Waals surface area contributed by atoms with Crippen molar-refractivity contribution in [3.05, 3.63) is 28.9 Å². The first-order chi connectivity index (χ1) is 9.61. The Morgan fingerprint density at radius 1 is 1.45 bits per heavy atom. The highest BCUT2D eigenvalue weighted by Gasteiger charge is 2.22. The molecular formula is C13H17N5OS. The van der Waals surface area contributed by atoms with E-state index in [0.717, 1.165) is 30.2 Å². The SMILES string of the molecule is CN1CCOC(c2nc(=S)cc(-c3cnn(C)c3)[nH]2)C1. The monoisotopic (exact) mass is 291 g/mol. The van der Waals surface area contributed by atoms with Crippen molar-refractivity contribution in [1.29, 1.82) is 0 Å². The summed E-state index contributed by atoms with van der Waals surface area (Å²) in [7, 11) is 3.97. The van der Waals surface area contributed by atoms with Gasteiger partial charge in [-0.25, -0.2) is 4.98 Å². The molecule has 0 bridgehead atoms.